The number of pyridine rings is 1. The van der Waals surface area contributed by atoms with Crippen molar-refractivity contribution in [3.63, 3.8) is 0 Å². The van der Waals surface area contributed by atoms with Gasteiger partial charge in [-0.25, -0.2) is 0 Å². The number of para-hydroxylation sites is 1. The van der Waals surface area contributed by atoms with Crippen LogP contribution in [0.15, 0.2) is 36.5 Å². The molecule has 0 radical (unpaired) electrons. The molecule has 0 saturated carbocycles. The van der Waals surface area contributed by atoms with Gasteiger partial charge in [0.05, 0.1) is 5.52 Å². The van der Waals surface area contributed by atoms with Crippen LogP contribution in [0, 0.1) is 5.41 Å². The molecule has 0 atom stereocenters. The minimum absolute atomic E-state index is 0.0328. The van der Waals surface area contributed by atoms with E-state index in [-0.39, 0.29) is 11.3 Å². The van der Waals surface area contributed by atoms with Crippen molar-refractivity contribution in [2.24, 2.45) is 5.41 Å². The molecule has 3 heteroatoms. The predicted molar refractivity (Wildman–Crippen MR) is 82.5 cm³/mol. The van der Waals surface area contributed by atoms with Crippen molar-refractivity contribution in [1.82, 2.24) is 10.3 Å². The SMILES string of the molecule is CC(C)(C)CC(=O)NCCc1cccc2cccnc12. The third-order valence-electron chi connectivity index (χ3n) is 3.12. The van der Waals surface area contributed by atoms with Crippen molar-refractivity contribution in [2.45, 2.75) is 33.6 Å². The zero-order valence-corrected chi connectivity index (χ0v) is 12.4. The van der Waals surface area contributed by atoms with Gasteiger partial charge in [-0.2, -0.15) is 0 Å². The number of benzene rings is 1. The molecule has 3 nitrogen and oxygen atoms in total. The highest BCUT2D eigenvalue weighted by atomic mass is 16.1. The molecule has 0 aliphatic heterocycles. The zero-order valence-electron chi connectivity index (χ0n) is 12.4. The molecular formula is C17H22N2O. The zero-order chi connectivity index (χ0) is 14.6. The summed E-state index contributed by atoms with van der Waals surface area (Å²) in [6.07, 6.45) is 3.18. The van der Waals surface area contributed by atoms with Gasteiger partial charge in [0, 0.05) is 24.5 Å². The van der Waals surface area contributed by atoms with Crippen molar-refractivity contribution in [1.29, 1.82) is 0 Å². The monoisotopic (exact) mass is 270 g/mol. The second-order valence-electron chi connectivity index (χ2n) is 6.33. The van der Waals surface area contributed by atoms with E-state index in [1.54, 1.807) is 0 Å². The summed E-state index contributed by atoms with van der Waals surface area (Å²) in [6.45, 7) is 6.87. The molecule has 0 spiro atoms. The summed E-state index contributed by atoms with van der Waals surface area (Å²) in [4.78, 5) is 16.2. The lowest BCUT2D eigenvalue weighted by molar-refractivity contribution is -0.122. The number of nitrogens with zero attached hydrogens (tertiary/aromatic N) is 1. The van der Waals surface area contributed by atoms with E-state index in [0.29, 0.717) is 13.0 Å². The Hall–Kier alpha value is -1.90. The fraction of sp³-hybridized carbons (Fsp3) is 0.412. The Balaban J connectivity index is 1.95. The maximum Gasteiger partial charge on any atom is 0.220 e. The number of nitrogens with one attached hydrogen (secondary N) is 1. The standard InChI is InChI=1S/C17H22N2O/c1-17(2,3)12-15(20)18-11-9-14-7-4-6-13-8-5-10-19-16(13)14/h4-8,10H,9,11-12H2,1-3H3,(H,18,20). The summed E-state index contributed by atoms with van der Waals surface area (Å²) in [5.74, 6) is 0.116. The molecule has 2 rings (SSSR count). The van der Waals surface area contributed by atoms with Crippen LogP contribution in [-0.4, -0.2) is 17.4 Å². The van der Waals surface area contributed by atoms with Crippen LogP contribution >= 0.6 is 0 Å². The molecule has 1 N–H and O–H groups in total. The average molecular weight is 270 g/mol. The normalized spacial score (nSPS) is 11.6. The van der Waals surface area contributed by atoms with E-state index in [1.807, 2.05) is 18.3 Å². The van der Waals surface area contributed by atoms with Gasteiger partial charge >= 0.3 is 0 Å². The van der Waals surface area contributed by atoms with Gasteiger partial charge in [0.1, 0.15) is 0 Å². The summed E-state index contributed by atoms with van der Waals surface area (Å²) in [5, 5.41) is 4.13. The number of hydrogen-bond donors (Lipinski definition) is 1. The summed E-state index contributed by atoms with van der Waals surface area (Å²) in [6, 6.07) is 10.2. The molecule has 0 fully saturated rings. The quantitative estimate of drug-likeness (QED) is 0.926. The van der Waals surface area contributed by atoms with E-state index in [0.717, 1.165) is 17.3 Å². The Bertz CT molecular complexity index is 594. The van der Waals surface area contributed by atoms with Crippen molar-refractivity contribution < 1.29 is 4.79 Å². The van der Waals surface area contributed by atoms with Crippen LogP contribution in [0.3, 0.4) is 0 Å². The fourth-order valence-corrected chi connectivity index (χ4v) is 2.25. The molecule has 0 unspecified atom stereocenters. The minimum atomic E-state index is 0.0328. The Morgan fingerprint density at radius 3 is 2.70 bits per heavy atom. The van der Waals surface area contributed by atoms with Crippen LogP contribution in [0.1, 0.15) is 32.8 Å². The van der Waals surface area contributed by atoms with Crippen LogP contribution in [0.4, 0.5) is 0 Å². The number of aromatic nitrogens is 1. The van der Waals surface area contributed by atoms with Crippen LogP contribution < -0.4 is 5.32 Å². The smallest absolute Gasteiger partial charge is 0.220 e. The summed E-state index contributed by atoms with van der Waals surface area (Å²) >= 11 is 0. The van der Waals surface area contributed by atoms with E-state index in [4.69, 9.17) is 0 Å². The third-order valence-corrected chi connectivity index (χ3v) is 3.12. The average Bonchev–Trinajstić information content (AvgIpc) is 2.37. The molecule has 106 valence electrons. The van der Waals surface area contributed by atoms with Gasteiger partial charge in [0.15, 0.2) is 0 Å². The lowest BCUT2D eigenvalue weighted by Gasteiger charge is -2.17. The van der Waals surface area contributed by atoms with E-state index in [1.165, 1.54) is 5.56 Å². The highest BCUT2D eigenvalue weighted by Crippen LogP contribution is 2.18. The summed E-state index contributed by atoms with van der Waals surface area (Å²) in [5.41, 5.74) is 2.24. The first kappa shape index (κ1) is 14.5. The number of rotatable bonds is 4. The molecule has 1 amide bonds. The summed E-state index contributed by atoms with van der Waals surface area (Å²) < 4.78 is 0. The predicted octanol–water partition coefficient (Wildman–Crippen LogP) is 3.33. The third kappa shape index (κ3) is 4.05. The molecule has 0 aliphatic carbocycles. The number of carbonyl (C=O) groups excluding carboxylic acids is 1. The highest BCUT2D eigenvalue weighted by molar-refractivity contribution is 5.81. The van der Waals surface area contributed by atoms with Gasteiger partial charge in [-0.05, 0) is 23.5 Å². The van der Waals surface area contributed by atoms with Gasteiger partial charge in [-0.3, -0.25) is 9.78 Å². The summed E-state index contributed by atoms with van der Waals surface area (Å²) in [7, 11) is 0. The van der Waals surface area contributed by atoms with Crippen LogP contribution in [-0.2, 0) is 11.2 Å². The highest BCUT2D eigenvalue weighted by Gasteiger charge is 2.15. The maximum absolute atomic E-state index is 11.8. The first-order valence-corrected chi connectivity index (χ1v) is 7.05. The molecule has 0 aliphatic rings. The second kappa shape index (κ2) is 6.04. The van der Waals surface area contributed by atoms with Crippen molar-refractivity contribution in [3.8, 4) is 0 Å². The van der Waals surface area contributed by atoms with Gasteiger partial charge in [0.2, 0.25) is 5.91 Å². The molecule has 0 bridgehead atoms. The lowest BCUT2D eigenvalue weighted by Crippen LogP contribution is -2.29. The molecule has 20 heavy (non-hydrogen) atoms. The Morgan fingerprint density at radius 1 is 1.20 bits per heavy atom. The molecule has 1 heterocycles. The first-order chi connectivity index (χ1) is 9.46. The van der Waals surface area contributed by atoms with Gasteiger partial charge in [0.25, 0.3) is 0 Å². The van der Waals surface area contributed by atoms with Crippen molar-refractivity contribution >= 4 is 16.8 Å². The molecule has 2 aromatic rings. The van der Waals surface area contributed by atoms with Crippen LogP contribution in [0.5, 0.6) is 0 Å². The van der Waals surface area contributed by atoms with E-state index in [2.05, 4.69) is 49.3 Å². The fourth-order valence-electron chi connectivity index (χ4n) is 2.25. The van der Waals surface area contributed by atoms with Crippen LogP contribution in [0.2, 0.25) is 0 Å². The molecule has 0 saturated heterocycles. The van der Waals surface area contributed by atoms with Crippen molar-refractivity contribution in [2.75, 3.05) is 6.54 Å². The Morgan fingerprint density at radius 2 is 1.95 bits per heavy atom. The van der Waals surface area contributed by atoms with E-state index in [9.17, 15) is 4.79 Å². The molecule has 1 aromatic heterocycles. The van der Waals surface area contributed by atoms with Crippen molar-refractivity contribution in [3.05, 3.63) is 42.1 Å². The Kier molecular flexibility index (Phi) is 4.38. The van der Waals surface area contributed by atoms with E-state index >= 15 is 0 Å². The van der Waals surface area contributed by atoms with Gasteiger partial charge < -0.3 is 5.32 Å². The largest absolute Gasteiger partial charge is 0.356 e. The number of carbonyl (C=O) groups is 1. The topological polar surface area (TPSA) is 42.0 Å². The Labute approximate surface area is 120 Å². The molecule has 1 aromatic carbocycles. The number of hydrogen-bond acceptors (Lipinski definition) is 2. The first-order valence-electron chi connectivity index (χ1n) is 7.05. The molecular weight excluding hydrogens is 248 g/mol. The maximum atomic E-state index is 11.8. The van der Waals surface area contributed by atoms with Gasteiger partial charge in [-0.15, -0.1) is 0 Å². The number of fused-ring (bicyclic) bond motifs is 1. The second-order valence-corrected chi connectivity index (χ2v) is 6.33. The lowest BCUT2D eigenvalue weighted by atomic mass is 9.92. The minimum Gasteiger partial charge on any atom is -0.356 e. The van der Waals surface area contributed by atoms with Crippen LogP contribution in [0.25, 0.3) is 10.9 Å². The van der Waals surface area contributed by atoms with E-state index < -0.39 is 0 Å². The van der Waals surface area contributed by atoms with Gasteiger partial charge in [-0.1, -0.05) is 45.0 Å². The number of amides is 1.